The van der Waals surface area contributed by atoms with E-state index in [4.69, 9.17) is 4.52 Å². The number of hydrogen-bond acceptors (Lipinski definition) is 5. The molecule has 130 valence electrons. The predicted octanol–water partition coefficient (Wildman–Crippen LogP) is 0.992. The Hall–Kier alpha value is -1.89. The lowest BCUT2D eigenvalue weighted by Crippen LogP contribution is -2.42. The van der Waals surface area contributed by atoms with E-state index in [2.05, 4.69) is 10.1 Å². The van der Waals surface area contributed by atoms with Crippen molar-refractivity contribution in [2.75, 3.05) is 26.2 Å². The van der Waals surface area contributed by atoms with Gasteiger partial charge in [-0.1, -0.05) is 12.1 Å². The Morgan fingerprint density at radius 1 is 1.38 bits per heavy atom. The third kappa shape index (κ3) is 2.51. The first kappa shape index (κ1) is 15.6. The number of likely N-dealkylation sites (tertiary alicyclic amines) is 2. The van der Waals surface area contributed by atoms with E-state index in [1.807, 2.05) is 13.0 Å². The molecular weight excluding hydrogens is 310 g/mol. The van der Waals surface area contributed by atoms with Gasteiger partial charge < -0.3 is 14.5 Å². The van der Waals surface area contributed by atoms with Crippen molar-refractivity contribution in [3.05, 3.63) is 17.5 Å². The highest BCUT2D eigenvalue weighted by molar-refractivity contribution is 5.84. The van der Waals surface area contributed by atoms with Crippen molar-refractivity contribution in [3.63, 3.8) is 0 Å². The van der Waals surface area contributed by atoms with E-state index >= 15 is 0 Å². The molecule has 1 amide bonds. The molecule has 3 heterocycles. The van der Waals surface area contributed by atoms with Crippen LogP contribution in [-0.4, -0.2) is 58.1 Å². The molecule has 1 saturated carbocycles. The number of carbonyl (C=O) groups excluding carboxylic acids is 1. The van der Waals surface area contributed by atoms with E-state index in [0.29, 0.717) is 32.7 Å². The Morgan fingerprint density at radius 2 is 2.17 bits per heavy atom. The minimum Gasteiger partial charge on any atom is -0.481 e. The number of aryl methyl sites for hydroxylation is 1. The molecule has 2 aliphatic heterocycles. The third-order valence-corrected chi connectivity index (χ3v) is 5.69. The second kappa shape index (κ2) is 5.58. The van der Waals surface area contributed by atoms with E-state index in [1.165, 1.54) is 0 Å². The summed E-state index contributed by atoms with van der Waals surface area (Å²) in [6, 6.07) is 1.93. The maximum Gasteiger partial charge on any atom is 0.313 e. The van der Waals surface area contributed by atoms with E-state index in [-0.39, 0.29) is 17.7 Å². The zero-order valence-electron chi connectivity index (χ0n) is 13.9. The molecule has 2 atom stereocenters. The van der Waals surface area contributed by atoms with Crippen LogP contribution in [0.2, 0.25) is 0 Å². The second-order valence-electron chi connectivity index (χ2n) is 7.46. The van der Waals surface area contributed by atoms with Gasteiger partial charge in [0.2, 0.25) is 5.91 Å². The fourth-order valence-electron chi connectivity index (χ4n) is 4.17. The highest BCUT2D eigenvalue weighted by atomic mass is 16.5. The van der Waals surface area contributed by atoms with Gasteiger partial charge in [-0.25, -0.2) is 0 Å². The van der Waals surface area contributed by atoms with Crippen LogP contribution < -0.4 is 0 Å². The van der Waals surface area contributed by atoms with Gasteiger partial charge in [0, 0.05) is 44.1 Å². The molecule has 7 heteroatoms. The molecule has 0 unspecified atom stereocenters. The van der Waals surface area contributed by atoms with Crippen molar-refractivity contribution in [2.24, 2.45) is 17.3 Å². The van der Waals surface area contributed by atoms with Crippen molar-refractivity contribution < 1.29 is 19.2 Å². The molecule has 2 saturated heterocycles. The van der Waals surface area contributed by atoms with Gasteiger partial charge in [-0.2, -0.15) is 0 Å². The van der Waals surface area contributed by atoms with Gasteiger partial charge >= 0.3 is 5.97 Å². The molecule has 0 aromatic carbocycles. The molecule has 0 radical (unpaired) electrons. The lowest BCUT2D eigenvalue weighted by atomic mass is 9.81. The highest BCUT2D eigenvalue weighted by Crippen LogP contribution is 2.45. The summed E-state index contributed by atoms with van der Waals surface area (Å²) in [7, 11) is 0. The second-order valence-corrected chi connectivity index (χ2v) is 7.46. The van der Waals surface area contributed by atoms with Crippen molar-refractivity contribution in [1.29, 1.82) is 0 Å². The van der Waals surface area contributed by atoms with Gasteiger partial charge in [0.05, 0.1) is 12.2 Å². The van der Waals surface area contributed by atoms with Gasteiger partial charge in [0.1, 0.15) is 5.41 Å². The number of aliphatic carboxylic acids is 1. The topological polar surface area (TPSA) is 86.9 Å². The van der Waals surface area contributed by atoms with Crippen LogP contribution >= 0.6 is 0 Å². The zero-order valence-corrected chi connectivity index (χ0v) is 13.9. The molecular formula is C17H23N3O4. The smallest absolute Gasteiger partial charge is 0.313 e. The molecule has 0 bridgehead atoms. The predicted molar refractivity (Wildman–Crippen MR) is 84.0 cm³/mol. The van der Waals surface area contributed by atoms with Crippen molar-refractivity contribution in [2.45, 2.75) is 32.7 Å². The van der Waals surface area contributed by atoms with Gasteiger partial charge in [0.25, 0.3) is 0 Å². The Balaban J connectivity index is 1.46. The minimum atomic E-state index is -0.835. The largest absolute Gasteiger partial charge is 0.481 e. The molecule has 1 aromatic rings. The fraction of sp³-hybridized carbons (Fsp3) is 0.706. The van der Waals surface area contributed by atoms with E-state index in [0.717, 1.165) is 30.7 Å². The summed E-state index contributed by atoms with van der Waals surface area (Å²) < 4.78 is 5.33. The number of amides is 1. The molecule has 3 fully saturated rings. The lowest BCUT2D eigenvalue weighted by Gasteiger charge is -2.25. The van der Waals surface area contributed by atoms with Crippen LogP contribution in [0.3, 0.4) is 0 Å². The van der Waals surface area contributed by atoms with E-state index in [9.17, 15) is 14.7 Å². The molecule has 0 spiro atoms. The lowest BCUT2D eigenvalue weighted by molar-refractivity contribution is -0.149. The molecule has 1 aromatic heterocycles. The van der Waals surface area contributed by atoms with Crippen molar-refractivity contribution >= 4 is 11.9 Å². The quantitative estimate of drug-likeness (QED) is 0.865. The number of carbonyl (C=O) groups is 2. The summed E-state index contributed by atoms with van der Waals surface area (Å²) in [5.74, 6) is 0.282. The first-order valence-corrected chi connectivity index (χ1v) is 8.71. The minimum absolute atomic E-state index is 0.00809. The summed E-state index contributed by atoms with van der Waals surface area (Å²) in [5.41, 5.74) is 0.0802. The van der Waals surface area contributed by atoms with E-state index in [1.54, 1.807) is 4.90 Å². The summed E-state index contributed by atoms with van der Waals surface area (Å²) in [5, 5.41) is 13.8. The van der Waals surface area contributed by atoms with Crippen molar-refractivity contribution in [1.82, 2.24) is 15.0 Å². The SMILES string of the molecule is CCc1cc(CN2C[C@@H]3CN(C(=O)C4CC4)C[C@]3(C(=O)O)C2)on1. The molecule has 3 aliphatic rings. The zero-order chi connectivity index (χ0) is 16.9. The average Bonchev–Trinajstić information content (AvgIpc) is 3.04. The standard InChI is InChI=1S/C17H23N3O4/c1-2-13-5-14(24-18-13)8-19-6-12-7-20(15(21)11-3-4-11)10-17(12,9-19)16(22)23/h5,11-12H,2-4,6-10H2,1H3,(H,22,23)/t12-,17-/m1/s1. The third-order valence-electron chi connectivity index (χ3n) is 5.69. The Bertz CT molecular complexity index is 669. The maximum atomic E-state index is 12.3. The first-order valence-electron chi connectivity index (χ1n) is 8.71. The number of carboxylic acids is 1. The molecule has 1 N–H and O–H groups in total. The van der Waals surface area contributed by atoms with Crippen LogP contribution in [0.25, 0.3) is 0 Å². The number of hydrogen-bond donors (Lipinski definition) is 1. The molecule has 1 aliphatic carbocycles. The summed E-state index contributed by atoms with van der Waals surface area (Å²) >= 11 is 0. The average molecular weight is 333 g/mol. The summed E-state index contributed by atoms with van der Waals surface area (Å²) in [6.07, 6.45) is 2.73. The summed E-state index contributed by atoms with van der Waals surface area (Å²) in [6.45, 7) is 4.65. The molecule has 7 nitrogen and oxygen atoms in total. The van der Waals surface area contributed by atoms with Crippen LogP contribution in [0.4, 0.5) is 0 Å². The Morgan fingerprint density at radius 3 is 2.75 bits per heavy atom. The molecule has 24 heavy (non-hydrogen) atoms. The summed E-state index contributed by atoms with van der Waals surface area (Å²) in [4.78, 5) is 28.2. The first-order chi connectivity index (χ1) is 11.5. The van der Waals surface area contributed by atoms with Crippen molar-refractivity contribution in [3.8, 4) is 0 Å². The number of nitrogens with zero attached hydrogens (tertiary/aromatic N) is 3. The number of rotatable bonds is 5. The Labute approximate surface area is 140 Å². The number of fused-ring (bicyclic) bond motifs is 1. The highest BCUT2D eigenvalue weighted by Gasteiger charge is 2.59. The molecule has 4 rings (SSSR count). The van der Waals surface area contributed by atoms with Crippen LogP contribution in [0.15, 0.2) is 10.6 Å². The van der Waals surface area contributed by atoms with Crippen LogP contribution in [0, 0.1) is 17.3 Å². The fourth-order valence-corrected chi connectivity index (χ4v) is 4.17. The van der Waals surface area contributed by atoms with Crippen LogP contribution in [0.1, 0.15) is 31.2 Å². The van der Waals surface area contributed by atoms with Crippen LogP contribution in [0.5, 0.6) is 0 Å². The van der Waals surface area contributed by atoms with Gasteiger partial charge in [-0.3, -0.25) is 14.5 Å². The van der Waals surface area contributed by atoms with Gasteiger partial charge in [0.15, 0.2) is 5.76 Å². The Kier molecular flexibility index (Phi) is 3.63. The normalized spacial score (nSPS) is 29.9. The van der Waals surface area contributed by atoms with Crippen LogP contribution in [-0.2, 0) is 22.6 Å². The monoisotopic (exact) mass is 333 g/mol. The number of carboxylic acid groups (broad SMARTS) is 1. The van der Waals surface area contributed by atoms with E-state index < -0.39 is 11.4 Å². The van der Waals surface area contributed by atoms with Gasteiger partial charge in [-0.15, -0.1) is 0 Å². The van der Waals surface area contributed by atoms with Gasteiger partial charge in [-0.05, 0) is 19.3 Å². The number of aromatic nitrogens is 1. The maximum absolute atomic E-state index is 12.3.